The van der Waals surface area contributed by atoms with Gasteiger partial charge in [-0.05, 0) is 68.9 Å². The predicted molar refractivity (Wildman–Crippen MR) is 139 cm³/mol. The zero-order valence-corrected chi connectivity index (χ0v) is 20.4. The molecule has 1 saturated heterocycles. The van der Waals surface area contributed by atoms with Crippen molar-refractivity contribution >= 4 is 51.7 Å². The molecule has 2 aromatic rings. The van der Waals surface area contributed by atoms with Gasteiger partial charge in [0.05, 0.1) is 11.4 Å². The van der Waals surface area contributed by atoms with Gasteiger partial charge in [-0.15, -0.1) is 6.58 Å². The Morgan fingerprint density at radius 1 is 1.00 bits per heavy atom. The maximum Gasteiger partial charge on any atom is 0.269 e. The third kappa shape index (κ3) is 4.19. The number of rotatable bonds is 7. The summed E-state index contributed by atoms with van der Waals surface area (Å²) in [6, 6.07) is 16.5. The average Bonchev–Trinajstić information content (AvgIpc) is 3.33. The molecule has 32 heavy (non-hydrogen) atoms. The number of nitrogens with zero attached hydrogens (tertiary/aromatic N) is 4. The number of benzene rings is 2. The van der Waals surface area contributed by atoms with Gasteiger partial charge >= 0.3 is 0 Å². The van der Waals surface area contributed by atoms with Gasteiger partial charge < -0.3 is 9.80 Å². The molecule has 7 heteroatoms. The van der Waals surface area contributed by atoms with Crippen LogP contribution in [0.2, 0.25) is 0 Å². The third-order valence-corrected chi connectivity index (χ3v) is 7.88. The summed E-state index contributed by atoms with van der Waals surface area (Å²) in [7, 11) is 0. The second kappa shape index (κ2) is 9.88. The van der Waals surface area contributed by atoms with Gasteiger partial charge in [0, 0.05) is 36.8 Å². The maximum absolute atomic E-state index is 13.4. The van der Waals surface area contributed by atoms with Gasteiger partial charge in [-0.2, -0.15) is 0 Å². The molecule has 0 radical (unpaired) electrons. The Labute approximate surface area is 198 Å². The van der Waals surface area contributed by atoms with Crippen molar-refractivity contribution in [3.8, 4) is 0 Å². The number of hydrogen-bond donors (Lipinski definition) is 0. The Kier molecular flexibility index (Phi) is 6.96. The number of aliphatic imine (C=N–C) groups is 1. The molecule has 0 saturated carbocycles. The Morgan fingerprint density at radius 3 is 2.38 bits per heavy atom. The van der Waals surface area contributed by atoms with Crippen molar-refractivity contribution in [3.63, 3.8) is 0 Å². The summed E-state index contributed by atoms with van der Waals surface area (Å²) in [4.78, 5) is 26.4. The Bertz CT molecular complexity index is 1070. The van der Waals surface area contributed by atoms with Crippen LogP contribution in [0.15, 0.2) is 81.0 Å². The molecule has 0 aromatic heterocycles. The van der Waals surface area contributed by atoms with Crippen LogP contribution >= 0.6 is 23.5 Å². The van der Waals surface area contributed by atoms with Crippen LogP contribution in [0.5, 0.6) is 0 Å². The first-order valence-corrected chi connectivity index (χ1v) is 12.6. The number of para-hydroxylation sites is 1. The number of thioether (sulfide) groups is 2. The van der Waals surface area contributed by atoms with Crippen molar-refractivity contribution < 1.29 is 4.79 Å². The van der Waals surface area contributed by atoms with Gasteiger partial charge in [0.25, 0.3) is 5.91 Å². The molecule has 0 unspecified atom stereocenters. The van der Waals surface area contributed by atoms with E-state index in [0.29, 0.717) is 11.7 Å². The lowest BCUT2D eigenvalue weighted by Crippen LogP contribution is -2.30. The van der Waals surface area contributed by atoms with Crippen LogP contribution in [0.1, 0.15) is 20.8 Å². The van der Waals surface area contributed by atoms with Crippen LogP contribution in [0.4, 0.5) is 17.1 Å². The summed E-state index contributed by atoms with van der Waals surface area (Å²) >= 11 is 3.11. The molecule has 1 amide bonds. The fourth-order valence-corrected chi connectivity index (χ4v) is 6.26. The van der Waals surface area contributed by atoms with Crippen LogP contribution in [0.25, 0.3) is 0 Å². The van der Waals surface area contributed by atoms with Gasteiger partial charge in [-0.3, -0.25) is 9.69 Å². The smallest absolute Gasteiger partial charge is 0.269 e. The number of carbonyl (C=O) groups is 1. The summed E-state index contributed by atoms with van der Waals surface area (Å²) < 4.78 is 0. The highest BCUT2D eigenvalue weighted by molar-refractivity contribution is 8.19. The monoisotopic (exact) mass is 464 g/mol. The molecule has 0 spiro atoms. The lowest BCUT2D eigenvalue weighted by molar-refractivity contribution is -0.121. The second-order valence-corrected chi connectivity index (χ2v) is 9.35. The van der Waals surface area contributed by atoms with Crippen molar-refractivity contribution in [1.82, 2.24) is 4.90 Å². The van der Waals surface area contributed by atoms with Gasteiger partial charge in [-0.1, -0.05) is 30.0 Å². The molecule has 0 bridgehead atoms. The number of fused-ring (bicyclic) bond motifs is 1. The number of amides is 1. The van der Waals surface area contributed by atoms with Crippen molar-refractivity contribution in [1.29, 1.82) is 0 Å². The van der Waals surface area contributed by atoms with Gasteiger partial charge in [0.1, 0.15) is 9.93 Å². The van der Waals surface area contributed by atoms with Crippen LogP contribution in [0.3, 0.4) is 0 Å². The Hall–Kier alpha value is -2.64. The minimum Gasteiger partial charge on any atom is -0.372 e. The van der Waals surface area contributed by atoms with E-state index in [0.717, 1.165) is 40.9 Å². The number of hydrogen-bond acceptors (Lipinski definition) is 6. The Balaban J connectivity index is 1.68. The minimum absolute atomic E-state index is 0.0119. The molecule has 2 aliphatic heterocycles. The molecule has 2 heterocycles. The fourth-order valence-electron chi connectivity index (χ4n) is 3.86. The third-order valence-electron chi connectivity index (χ3n) is 5.50. The van der Waals surface area contributed by atoms with Crippen LogP contribution < -0.4 is 9.80 Å². The second-order valence-electron chi connectivity index (χ2n) is 7.34. The first-order valence-electron chi connectivity index (χ1n) is 10.9. The average molecular weight is 465 g/mol. The molecule has 0 aliphatic carbocycles. The lowest BCUT2D eigenvalue weighted by atomic mass is 10.2. The van der Waals surface area contributed by atoms with Gasteiger partial charge in [0.2, 0.25) is 0 Å². The van der Waals surface area contributed by atoms with Crippen LogP contribution in [0, 0.1) is 0 Å². The van der Waals surface area contributed by atoms with Crippen LogP contribution in [-0.2, 0) is 4.79 Å². The number of carbonyl (C=O) groups excluding carboxylic acids is 1. The van der Waals surface area contributed by atoms with Crippen molar-refractivity contribution in [2.24, 2.45) is 4.99 Å². The van der Waals surface area contributed by atoms with Gasteiger partial charge in [-0.25, -0.2) is 4.99 Å². The molecule has 0 N–H and O–H groups in total. The van der Waals surface area contributed by atoms with Gasteiger partial charge in [0.15, 0.2) is 5.17 Å². The van der Waals surface area contributed by atoms with E-state index in [1.165, 1.54) is 22.3 Å². The zero-order chi connectivity index (χ0) is 22.7. The van der Waals surface area contributed by atoms with E-state index in [2.05, 4.69) is 61.4 Å². The van der Waals surface area contributed by atoms with Crippen LogP contribution in [-0.4, -0.2) is 42.2 Å². The quantitative estimate of drug-likeness (QED) is 0.367. The summed E-state index contributed by atoms with van der Waals surface area (Å²) in [5.41, 5.74) is 3.17. The summed E-state index contributed by atoms with van der Waals surface area (Å²) in [6.45, 7) is 13.4. The molecule has 0 atom stereocenters. The first-order chi connectivity index (χ1) is 15.6. The van der Waals surface area contributed by atoms with Crippen molar-refractivity contribution in [2.75, 3.05) is 36.0 Å². The fraction of sp³-hybridized carbons (Fsp3) is 0.280. The summed E-state index contributed by atoms with van der Waals surface area (Å²) in [5.74, 6) is -0.0119. The largest absolute Gasteiger partial charge is 0.372 e. The molecule has 166 valence electrons. The van der Waals surface area contributed by atoms with E-state index >= 15 is 0 Å². The highest BCUT2D eigenvalue weighted by atomic mass is 32.2. The van der Waals surface area contributed by atoms with E-state index in [-0.39, 0.29) is 5.91 Å². The Morgan fingerprint density at radius 2 is 1.72 bits per heavy atom. The number of amidine groups is 1. The lowest BCUT2D eigenvalue weighted by Gasteiger charge is -2.20. The molecule has 5 nitrogen and oxygen atoms in total. The highest BCUT2D eigenvalue weighted by Gasteiger charge is 2.39. The molecule has 1 fully saturated rings. The first kappa shape index (κ1) is 22.6. The van der Waals surface area contributed by atoms with E-state index < -0.39 is 0 Å². The normalized spacial score (nSPS) is 19.1. The van der Waals surface area contributed by atoms with Crippen molar-refractivity contribution in [3.05, 3.63) is 71.1 Å². The maximum atomic E-state index is 13.4. The number of anilines is 2. The summed E-state index contributed by atoms with van der Waals surface area (Å²) in [5, 5.41) is 1.68. The van der Waals surface area contributed by atoms with E-state index in [9.17, 15) is 4.79 Å². The zero-order valence-electron chi connectivity index (χ0n) is 18.7. The van der Waals surface area contributed by atoms with E-state index in [4.69, 9.17) is 4.99 Å². The molecule has 4 rings (SSSR count). The minimum atomic E-state index is -0.0119. The topological polar surface area (TPSA) is 39.2 Å². The summed E-state index contributed by atoms with van der Waals surface area (Å²) in [6.07, 6.45) is 1.75. The van der Waals surface area contributed by atoms with Crippen molar-refractivity contribution in [2.45, 2.75) is 25.7 Å². The standard InChI is InChI=1S/C25H28N4OS2/c1-5-17-29-23(30)22(24-28(8-4)20-11-9-10-12-21(20)31-24)32-25(29)26-18-13-15-19(16-14-18)27(6-2)7-3/h5,9-16H,1,6-8,17H2,2-4H3. The molecular weight excluding hydrogens is 436 g/mol. The predicted octanol–water partition coefficient (Wildman–Crippen LogP) is 6.08. The molecular formula is C25H28N4OS2. The van der Waals surface area contributed by atoms with E-state index in [1.807, 2.05) is 24.3 Å². The molecule has 2 aromatic carbocycles. The molecule has 2 aliphatic rings. The van der Waals surface area contributed by atoms with E-state index in [1.54, 1.807) is 22.7 Å². The SMILES string of the molecule is C=CCN1C(=O)C(=C2Sc3ccccc3N2CC)SC1=Nc1ccc(N(CC)CC)cc1. The highest BCUT2D eigenvalue weighted by Crippen LogP contribution is 2.50.